The number of aryl methyl sites for hydroxylation is 1. The zero-order valence-corrected chi connectivity index (χ0v) is 19.3. The Morgan fingerprint density at radius 1 is 0.818 bits per heavy atom. The van der Waals surface area contributed by atoms with E-state index >= 15 is 0 Å². The van der Waals surface area contributed by atoms with Crippen LogP contribution < -0.4 is 0 Å². The number of hydrogen-bond donors (Lipinski definition) is 0. The Hall–Kier alpha value is -2.73. The second-order valence-corrected chi connectivity index (χ2v) is 9.29. The predicted octanol–water partition coefficient (Wildman–Crippen LogP) is 8.71. The van der Waals surface area contributed by atoms with Gasteiger partial charge >= 0.3 is 0 Å². The van der Waals surface area contributed by atoms with E-state index in [0.29, 0.717) is 22.8 Å². The largest absolute Gasteiger partial charge is 0.204 e. The molecule has 0 bridgehead atoms. The Kier molecular flexibility index (Phi) is 7.76. The fourth-order valence-electron chi connectivity index (χ4n) is 4.85. The van der Waals surface area contributed by atoms with Crippen molar-refractivity contribution in [2.45, 2.75) is 70.6 Å². The predicted molar refractivity (Wildman–Crippen MR) is 130 cm³/mol. The minimum atomic E-state index is -1.43. The van der Waals surface area contributed by atoms with Crippen LogP contribution in [0.4, 0.5) is 13.2 Å². The summed E-state index contributed by atoms with van der Waals surface area (Å²) in [6.45, 7) is 2.24. The Morgan fingerprint density at radius 2 is 1.58 bits per heavy atom. The molecular formula is C30H31F3. The van der Waals surface area contributed by atoms with E-state index in [2.05, 4.69) is 43.0 Å². The van der Waals surface area contributed by atoms with Crippen molar-refractivity contribution in [1.82, 2.24) is 0 Å². The van der Waals surface area contributed by atoms with Gasteiger partial charge in [-0.1, -0.05) is 68.4 Å². The molecule has 1 aliphatic rings. The normalized spacial score (nSPS) is 18.2. The molecule has 0 atom stereocenters. The van der Waals surface area contributed by atoms with Crippen molar-refractivity contribution in [2.24, 2.45) is 5.92 Å². The van der Waals surface area contributed by atoms with E-state index in [-0.39, 0.29) is 5.39 Å². The minimum Gasteiger partial charge on any atom is -0.204 e. The van der Waals surface area contributed by atoms with Crippen LogP contribution in [0.3, 0.4) is 0 Å². The van der Waals surface area contributed by atoms with Gasteiger partial charge in [0.05, 0.1) is 0 Å². The Labute approximate surface area is 195 Å². The molecule has 3 aromatic rings. The summed E-state index contributed by atoms with van der Waals surface area (Å²) in [5.41, 5.74) is 3.57. The maximum Gasteiger partial charge on any atom is 0.195 e. The molecule has 0 heterocycles. The summed E-state index contributed by atoms with van der Waals surface area (Å²) in [6.07, 6.45) is 10.7. The molecule has 33 heavy (non-hydrogen) atoms. The third kappa shape index (κ3) is 5.80. The second kappa shape index (κ2) is 10.9. The molecule has 3 heteroatoms. The van der Waals surface area contributed by atoms with Crippen LogP contribution in [0, 0.1) is 35.2 Å². The number of halogens is 3. The molecule has 1 saturated carbocycles. The highest BCUT2D eigenvalue weighted by atomic mass is 19.2. The molecule has 0 unspecified atom stereocenters. The summed E-state index contributed by atoms with van der Waals surface area (Å²) < 4.78 is 40.9. The number of benzene rings is 3. The molecule has 0 radical (unpaired) electrons. The molecule has 0 nitrogen and oxygen atoms in total. The highest BCUT2D eigenvalue weighted by Gasteiger charge is 2.21. The lowest BCUT2D eigenvalue weighted by Gasteiger charge is -2.26. The molecule has 0 saturated heterocycles. The number of rotatable bonds is 6. The van der Waals surface area contributed by atoms with Crippen molar-refractivity contribution in [1.29, 1.82) is 0 Å². The molecule has 0 spiro atoms. The van der Waals surface area contributed by atoms with Crippen molar-refractivity contribution in [3.05, 3.63) is 82.7 Å². The zero-order chi connectivity index (χ0) is 23.2. The van der Waals surface area contributed by atoms with Crippen molar-refractivity contribution in [3.63, 3.8) is 0 Å². The van der Waals surface area contributed by atoms with Gasteiger partial charge in [-0.2, -0.15) is 0 Å². The first-order valence-corrected chi connectivity index (χ1v) is 12.2. The standard InChI is InChI=1S/C30H31F3/c1-2-3-4-5-6-21-9-14-24(15-10-21)25-16-11-22(12-17-25)7-8-23-13-18-27-26(19-23)20-28(31)30(33)29(27)32/h9-10,13-15,18-20,22,25H,2-6,11-12,16-17H2,1H3. The molecule has 0 aliphatic heterocycles. The van der Waals surface area contributed by atoms with Gasteiger partial charge in [0.1, 0.15) is 0 Å². The van der Waals surface area contributed by atoms with Crippen molar-refractivity contribution in [3.8, 4) is 11.8 Å². The van der Waals surface area contributed by atoms with Gasteiger partial charge < -0.3 is 0 Å². The number of unbranched alkanes of at least 4 members (excludes halogenated alkanes) is 3. The molecule has 0 N–H and O–H groups in total. The molecule has 0 aromatic heterocycles. The lowest BCUT2D eigenvalue weighted by Crippen LogP contribution is -2.12. The Bertz CT molecular complexity index is 1140. The average molecular weight is 449 g/mol. The van der Waals surface area contributed by atoms with Gasteiger partial charge in [0.25, 0.3) is 0 Å². The molecule has 172 valence electrons. The van der Waals surface area contributed by atoms with Gasteiger partial charge in [-0.05, 0) is 79.2 Å². The van der Waals surface area contributed by atoms with Gasteiger partial charge in [-0.15, -0.1) is 0 Å². The summed E-state index contributed by atoms with van der Waals surface area (Å²) in [5.74, 6) is 3.68. The van der Waals surface area contributed by atoms with Crippen LogP contribution in [0.2, 0.25) is 0 Å². The molecule has 4 rings (SSSR count). The van der Waals surface area contributed by atoms with Gasteiger partial charge in [0.15, 0.2) is 17.5 Å². The third-order valence-electron chi connectivity index (χ3n) is 6.89. The van der Waals surface area contributed by atoms with Crippen LogP contribution in [0.15, 0.2) is 48.5 Å². The molecule has 1 aliphatic carbocycles. The van der Waals surface area contributed by atoms with Crippen molar-refractivity contribution >= 4 is 10.8 Å². The Morgan fingerprint density at radius 3 is 2.30 bits per heavy atom. The van der Waals surface area contributed by atoms with Crippen LogP contribution in [-0.2, 0) is 6.42 Å². The number of hydrogen-bond acceptors (Lipinski definition) is 0. The topological polar surface area (TPSA) is 0 Å². The smallest absolute Gasteiger partial charge is 0.195 e. The quantitative estimate of drug-likeness (QED) is 0.201. The lowest BCUT2D eigenvalue weighted by atomic mass is 9.78. The van der Waals surface area contributed by atoms with Gasteiger partial charge in [-0.25, -0.2) is 13.2 Å². The maximum absolute atomic E-state index is 13.9. The average Bonchev–Trinajstić information content (AvgIpc) is 2.84. The van der Waals surface area contributed by atoms with Gasteiger partial charge in [0, 0.05) is 16.9 Å². The fourth-order valence-corrected chi connectivity index (χ4v) is 4.85. The first kappa shape index (κ1) is 23.4. The third-order valence-corrected chi connectivity index (χ3v) is 6.89. The molecule has 3 aromatic carbocycles. The lowest BCUT2D eigenvalue weighted by molar-refractivity contribution is 0.384. The van der Waals surface area contributed by atoms with Crippen LogP contribution >= 0.6 is 0 Å². The summed E-state index contributed by atoms with van der Waals surface area (Å²) in [5, 5.41) is 0.405. The highest BCUT2D eigenvalue weighted by Crippen LogP contribution is 2.35. The SMILES string of the molecule is CCCCCCc1ccc(C2CCC(C#Cc3ccc4c(F)c(F)c(F)cc4c3)CC2)cc1. The van der Waals surface area contributed by atoms with Crippen molar-refractivity contribution in [2.75, 3.05) is 0 Å². The summed E-state index contributed by atoms with van der Waals surface area (Å²) in [7, 11) is 0. The van der Waals surface area contributed by atoms with E-state index in [1.807, 2.05) is 0 Å². The van der Waals surface area contributed by atoms with Crippen molar-refractivity contribution < 1.29 is 13.2 Å². The van der Waals surface area contributed by atoms with E-state index in [0.717, 1.165) is 31.7 Å². The first-order chi connectivity index (χ1) is 16.0. The van der Waals surface area contributed by atoms with Crippen LogP contribution in [0.1, 0.15) is 80.9 Å². The fraction of sp³-hybridized carbons (Fsp3) is 0.400. The van der Waals surface area contributed by atoms with E-state index in [1.165, 1.54) is 49.3 Å². The summed E-state index contributed by atoms with van der Waals surface area (Å²) in [6, 6.07) is 15.0. The van der Waals surface area contributed by atoms with Crippen LogP contribution in [0.25, 0.3) is 10.8 Å². The zero-order valence-electron chi connectivity index (χ0n) is 19.3. The first-order valence-electron chi connectivity index (χ1n) is 12.2. The molecule has 1 fully saturated rings. The van der Waals surface area contributed by atoms with Gasteiger partial charge in [-0.3, -0.25) is 0 Å². The van der Waals surface area contributed by atoms with E-state index in [9.17, 15) is 13.2 Å². The highest BCUT2D eigenvalue weighted by molar-refractivity contribution is 5.84. The summed E-state index contributed by atoms with van der Waals surface area (Å²) >= 11 is 0. The van der Waals surface area contributed by atoms with Crippen LogP contribution in [0.5, 0.6) is 0 Å². The molecular weight excluding hydrogens is 417 g/mol. The summed E-state index contributed by atoms with van der Waals surface area (Å²) in [4.78, 5) is 0. The monoisotopic (exact) mass is 448 g/mol. The second-order valence-electron chi connectivity index (χ2n) is 9.29. The molecule has 0 amide bonds. The Balaban J connectivity index is 1.33. The van der Waals surface area contributed by atoms with Gasteiger partial charge in [0.2, 0.25) is 0 Å². The van der Waals surface area contributed by atoms with E-state index in [1.54, 1.807) is 12.1 Å². The van der Waals surface area contributed by atoms with E-state index in [4.69, 9.17) is 0 Å². The van der Waals surface area contributed by atoms with E-state index < -0.39 is 17.5 Å². The van der Waals surface area contributed by atoms with Crippen LogP contribution in [-0.4, -0.2) is 0 Å². The maximum atomic E-state index is 13.9. The minimum absolute atomic E-state index is 0.0759. The number of fused-ring (bicyclic) bond motifs is 1.